The Labute approximate surface area is 145 Å². The third-order valence-corrected chi connectivity index (χ3v) is 5.58. The minimum atomic E-state index is -3.53. The Morgan fingerprint density at radius 1 is 1.12 bits per heavy atom. The number of nitrogens with zero attached hydrogens (tertiary/aromatic N) is 1. The molecule has 1 aromatic heterocycles. The molecule has 1 aliphatic heterocycles. The summed E-state index contributed by atoms with van der Waals surface area (Å²) in [4.78, 5) is 12.0. The van der Waals surface area contributed by atoms with Gasteiger partial charge in [-0.05, 0) is 42.5 Å². The third kappa shape index (κ3) is 4.36. The SMILES string of the molecule is O=C(/C=C/c1ccco1)Nc1ccc(S(=O)(=O)N2CCOCC2)cc1. The summed E-state index contributed by atoms with van der Waals surface area (Å²) in [5, 5.41) is 2.67. The van der Waals surface area contributed by atoms with E-state index in [9.17, 15) is 13.2 Å². The number of carbonyl (C=O) groups is 1. The van der Waals surface area contributed by atoms with Crippen LogP contribution in [0, 0.1) is 0 Å². The summed E-state index contributed by atoms with van der Waals surface area (Å²) in [6.45, 7) is 1.49. The van der Waals surface area contributed by atoms with E-state index in [-0.39, 0.29) is 10.8 Å². The van der Waals surface area contributed by atoms with E-state index < -0.39 is 10.0 Å². The molecule has 0 bridgehead atoms. The van der Waals surface area contributed by atoms with Gasteiger partial charge in [0.2, 0.25) is 15.9 Å². The fourth-order valence-electron chi connectivity index (χ4n) is 2.37. The first-order valence-electron chi connectivity index (χ1n) is 7.76. The first kappa shape index (κ1) is 17.4. The van der Waals surface area contributed by atoms with Crippen LogP contribution in [-0.4, -0.2) is 44.9 Å². The highest BCUT2D eigenvalue weighted by atomic mass is 32.2. The molecule has 0 atom stereocenters. The van der Waals surface area contributed by atoms with E-state index in [0.29, 0.717) is 37.8 Å². The summed E-state index contributed by atoms with van der Waals surface area (Å²) in [7, 11) is -3.53. The van der Waals surface area contributed by atoms with Crippen LogP contribution in [0.1, 0.15) is 5.76 Å². The van der Waals surface area contributed by atoms with Crippen molar-refractivity contribution < 1.29 is 22.4 Å². The molecule has 7 nitrogen and oxygen atoms in total. The Bertz CT molecular complexity index is 836. The second-order valence-corrected chi connectivity index (χ2v) is 7.32. The highest BCUT2D eigenvalue weighted by Gasteiger charge is 2.26. The van der Waals surface area contributed by atoms with Crippen molar-refractivity contribution in [2.75, 3.05) is 31.6 Å². The average Bonchev–Trinajstić information content (AvgIpc) is 3.15. The summed E-state index contributed by atoms with van der Waals surface area (Å²) in [5.41, 5.74) is 0.509. The molecule has 132 valence electrons. The molecule has 0 aliphatic carbocycles. The molecule has 1 aliphatic rings. The number of rotatable bonds is 5. The van der Waals surface area contributed by atoms with E-state index >= 15 is 0 Å². The van der Waals surface area contributed by atoms with Crippen molar-refractivity contribution >= 4 is 27.7 Å². The molecule has 1 aromatic carbocycles. The summed E-state index contributed by atoms with van der Waals surface area (Å²) in [6.07, 6.45) is 4.41. The Balaban J connectivity index is 1.64. The molecule has 1 amide bonds. The van der Waals surface area contributed by atoms with Gasteiger partial charge in [-0.15, -0.1) is 0 Å². The number of amides is 1. The lowest BCUT2D eigenvalue weighted by Crippen LogP contribution is -2.40. The fourth-order valence-corrected chi connectivity index (χ4v) is 3.78. The molecular formula is C17H18N2O5S. The van der Waals surface area contributed by atoms with Crippen LogP contribution < -0.4 is 5.32 Å². The lowest BCUT2D eigenvalue weighted by molar-refractivity contribution is -0.111. The number of hydrogen-bond acceptors (Lipinski definition) is 5. The summed E-state index contributed by atoms with van der Waals surface area (Å²) < 4.78 is 36.7. The molecule has 1 fully saturated rings. The van der Waals surface area contributed by atoms with Crippen molar-refractivity contribution in [1.29, 1.82) is 0 Å². The van der Waals surface area contributed by atoms with Crippen LogP contribution in [-0.2, 0) is 19.6 Å². The number of carbonyl (C=O) groups excluding carboxylic acids is 1. The van der Waals surface area contributed by atoms with Crippen molar-refractivity contribution in [3.05, 3.63) is 54.5 Å². The van der Waals surface area contributed by atoms with Gasteiger partial charge in [0.25, 0.3) is 0 Å². The molecule has 0 spiro atoms. The van der Waals surface area contributed by atoms with Crippen LogP contribution >= 0.6 is 0 Å². The van der Waals surface area contributed by atoms with Crippen LogP contribution in [0.3, 0.4) is 0 Å². The van der Waals surface area contributed by atoms with Gasteiger partial charge < -0.3 is 14.5 Å². The maximum atomic E-state index is 12.5. The summed E-state index contributed by atoms with van der Waals surface area (Å²) >= 11 is 0. The number of anilines is 1. The Morgan fingerprint density at radius 3 is 2.48 bits per heavy atom. The van der Waals surface area contributed by atoms with Gasteiger partial charge in [0.15, 0.2) is 0 Å². The predicted molar refractivity (Wildman–Crippen MR) is 92.4 cm³/mol. The second-order valence-electron chi connectivity index (χ2n) is 5.38. The Hall–Kier alpha value is -2.42. The van der Waals surface area contributed by atoms with E-state index in [0.717, 1.165) is 0 Å². The molecule has 0 radical (unpaired) electrons. The summed E-state index contributed by atoms with van der Waals surface area (Å²) in [6, 6.07) is 9.55. The molecule has 1 N–H and O–H groups in total. The van der Waals surface area contributed by atoms with E-state index in [1.165, 1.54) is 28.8 Å². The molecular weight excluding hydrogens is 344 g/mol. The fraction of sp³-hybridized carbons (Fsp3) is 0.235. The minimum Gasteiger partial charge on any atom is -0.465 e. The van der Waals surface area contributed by atoms with Crippen LogP contribution in [0.15, 0.2) is 58.1 Å². The molecule has 2 aromatic rings. The van der Waals surface area contributed by atoms with Gasteiger partial charge in [-0.1, -0.05) is 0 Å². The number of nitrogens with one attached hydrogen (secondary N) is 1. The molecule has 0 unspecified atom stereocenters. The molecule has 2 heterocycles. The number of morpholine rings is 1. The van der Waals surface area contributed by atoms with Crippen LogP contribution in [0.5, 0.6) is 0 Å². The van der Waals surface area contributed by atoms with Crippen molar-refractivity contribution in [3.63, 3.8) is 0 Å². The molecule has 1 saturated heterocycles. The number of hydrogen-bond donors (Lipinski definition) is 1. The lowest BCUT2D eigenvalue weighted by Gasteiger charge is -2.26. The van der Waals surface area contributed by atoms with Gasteiger partial charge in [0.1, 0.15) is 5.76 Å². The van der Waals surface area contributed by atoms with Gasteiger partial charge in [-0.2, -0.15) is 4.31 Å². The Kier molecular flexibility index (Phi) is 5.32. The number of benzene rings is 1. The standard InChI is InChI=1S/C17H18N2O5S/c20-17(8-5-15-2-1-11-24-15)18-14-3-6-16(7-4-14)25(21,22)19-9-12-23-13-10-19/h1-8,11H,9-10,12-13H2,(H,18,20)/b8-5+. The third-order valence-electron chi connectivity index (χ3n) is 3.67. The van der Waals surface area contributed by atoms with E-state index in [4.69, 9.17) is 9.15 Å². The molecule has 0 saturated carbocycles. The zero-order valence-electron chi connectivity index (χ0n) is 13.4. The quantitative estimate of drug-likeness (QED) is 0.822. The zero-order chi connectivity index (χ0) is 17.7. The Morgan fingerprint density at radius 2 is 1.84 bits per heavy atom. The average molecular weight is 362 g/mol. The second kappa shape index (κ2) is 7.64. The molecule has 3 rings (SSSR count). The van der Waals surface area contributed by atoms with Crippen LogP contribution in [0.25, 0.3) is 6.08 Å². The predicted octanol–water partition coefficient (Wildman–Crippen LogP) is 1.95. The highest BCUT2D eigenvalue weighted by Crippen LogP contribution is 2.19. The summed E-state index contributed by atoms with van der Waals surface area (Å²) in [5.74, 6) is 0.238. The first-order valence-corrected chi connectivity index (χ1v) is 9.20. The smallest absolute Gasteiger partial charge is 0.248 e. The minimum absolute atomic E-state index is 0.193. The molecule has 8 heteroatoms. The van der Waals surface area contributed by atoms with Gasteiger partial charge in [-0.25, -0.2) is 8.42 Å². The monoisotopic (exact) mass is 362 g/mol. The van der Waals surface area contributed by atoms with E-state index in [1.807, 2.05) is 0 Å². The van der Waals surface area contributed by atoms with Crippen LogP contribution in [0.2, 0.25) is 0 Å². The van der Waals surface area contributed by atoms with Crippen molar-refractivity contribution in [2.45, 2.75) is 4.90 Å². The van der Waals surface area contributed by atoms with Gasteiger partial charge in [-0.3, -0.25) is 4.79 Å². The van der Waals surface area contributed by atoms with Crippen molar-refractivity contribution in [2.24, 2.45) is 0 Å². The van der Waals surface area contributed by atoms with Crippen molar-refractivity contribution in [1.82, 2.24) is 4.31 Å². The van der Waals surface area contributed by atoms with Gasteiger partial charge >= 0.3 is 0 Å². The number of ether oxygens (including phenoxy) is 1. The molecule has 25 heavy (non-hydrogen) atoms. The van der Waals surface area contributed by atoms with Gasteiger partial charge in [0.05, 0.1) is 24.4 Å². The van der Waals surface area contributed by atoms with Crippen molar-refractivity contribution in [3.8, 4) is 0 Å². The maximum Gasteiger partial charge on any atom is 0.248 e. The van der Waals surface area contributed by atoms with Crippen LogP contribution in [0.4, 0.5) is 5.69 Å². The topological polar surface area (TPSA) is 88.8 Å². The lowest BCUT2D eigenvalue weighted by atomic mass is 10.3. The van der Waals surface area contributed by atoms with E-state index in [2.05, 4.69) is 5.32 Å². The normalized spacial score (nSPS) is 16.2. The highest BCUT2D eigenvalue weighted by molar-refractivity contribution is 7.89. The van der Waals surface area contributed by atoms with E-state index in [1.54, 1.807) is 30.3 Å². The number of sulfonamides is 1. The maximum absolute atomic E-state index is 12.5. The van der Waals surface area contributed by atoms with Gasteiger partial charge in [0, 0.05) is 24.9 Å². The largest absolute Gasteiger partial charge is 0.465 e. The first-order chi connectivity index (χ1) is 12.1. The number of furan rings is 1. The zero-order valence-corrected chi connectivity index (χ0v) is 14.2.